The number of nitrogens with zero attached hydrogens (tertiary/aromatic N) is 2. The quantitative estimate of drug-likeness (QED) is 0.395. The summed E-state index contributed by atoms with van der Waals surface area (Å²) in [5.41, 5.74) is -0.368. The number of nitro groups is 2. The van der Waals surface area contributed by atoms with Crippen LogP contribution in [0.5, 0.6) is 0 Å². The van der Waals surface area contributed by atoms with Gasteiger partial charge in [-0.25, -0.2) is 0 Å². The van der Waals surface area contributed by atoms with Crippen molar-refractivity contribution in [2.45, 2.75) is 0 Å². The van der Waals surface area contributed by atoms with Crippen LogP contribution in [0.2, 0.25) is 10.0 Å². The number of nitro benzene ring substituents is 2. The first-order valence-corrected chi connectivity index (χ1v) is 8.40. The molecule has 2 rings (SSSR count). The zero-order valence-electron chi connectivity index (χ0n) is 14.0. The third-order valence-corrected chi connectivity index (χ3v) is 4.11. The third-order valence-electron chi connectivity index (χ3n) is 3.51. The van der Waals surface area contributed by atoms with E-state index in [-0.39, 0.29) is 45.6 Å². The lowest BCUT2D eigenvalue weighted by molar-refractivity contribution is -0.384. The van der Waals surface area contributed by atoms with Gasteiger partial charge in [-0.2, -0.15) is 0 Å². The Hall–Kier alpha value is -3.24. The van der Waals surface area contributed by atoms with Crippen LogP contribution in [0, 0.1) is 20.2 Å². The summed E-state index contributed by atoms with van der Waals surface area (Å²) in [4.78, 5) is 44.1. The minimum Gasteiger partial charge on any atom is -0.350 e. The first kappa shape index (κ1) is 21.1. The first-order valence-electron chi connectivity index (χ1n) is 7.65. The highest BCUT2D eigenvalue weighted by Crippen LogP contribution is 2.25. The summed E-state index contributed by atoms with van der Waals surface area (Å²) in [6.45, 7) is 0.139. The zero-order chi connectivity index (χ0) is 20.8. The van der Waals surface area contributed by atoms with Gasteiger partial charge in [0.05, 0.1) is 9.85 Å². The van der Waals surface area contributed by atoms with Crippen LogP contribution in [0.1, 0.15) is 20.7 Å². The van der Waals surface area contributed by atoms with E-state index in [0.29, 0.717) is 0 Å². The standard InChI is InChI=1S/C16H12Cl2N4O6/c17-11-7-9(1-3-13(11)21(25)26)15(23)19-5-6-20-16(24)10-2-4-14(22(27)28)12(18)8-10/h1-4,7-8H,5-6H2,(H,19,23)(H,20,24). The smallest absolute Gasteiger partial charge is 0.287 e. The molecule has 12 heteroatoms. The van der Waals surface area contributed by atoms with E-state index in [4.69, 9.17) is 23.2 Å². The Kier molecular flexibility index (Phi) is 6.85. The maximum Gasteiger partial charge on any atom is 0.287 e. The van der Waals surface area contributed by atoms with Crippen LogP contribution >= 0.6 is 23.2 Å². The van der Waals surface area contributed by atoms with Crippen molar-refractivity contribution in [3.05, 3.63) is 77.8 Å². The van der Waals surface area contributed by atoms with Crippen molar-refractivity contribution < 1.29 is 19.4 Å². The van der Waals surface area contributed by atoms with Crippen LogP contribution < -0.4 is 10.6 Å². The maximum atomic E-state index is 12.0. The molecule has 146 valence electrons. The molecule has 0 unspecified atom stereocenters. The van der Waals surface area contributed by atoms with Gasteiger partial charge >= 0.3 is 0 Å². The molecule has 2 amide bonds. The van der Waals surface area contributed by atoms with Gasteiger partial charge in [-0.15, -0.1) is 0 Å². The number of halogens is 2. The van der Waals surface area contributed by atoms with Gasteiger partial charge in [0.15, 0.2) is 0 Å². The molecule has 2 aromatic rings. The number of rotatable bonds is 7. The molecule has 0 aliphatic heterocycles. The molecule has 0 saturated carbocycles. The molecule has 0 fully saturated rings. The Morgan fingerprint density at radius 3 is 1.43 bits per heavy atom. The summed E-state index contributed by atoms with van der Waals surface area (Å²) < 4.78 is 0. The number of amides is 2. The predicted molar refractivity (Wildman–Crippen MR) is 101 cm³/mol. The molecular weight excluding hydrogens is 415 g/mol. The minimum atomic E-state index is -0.663. The van der Waals surface area contributed by atoms with Crippen LogP contribution in [0.4, 0.5) is 11.4 Å². The minimum absolute atomic E-state index is 0.0693. The predicted octanol–water partition coefficient (Wildman–Crippen LogP) is 2.97. The van der Waals surface area contributed by atoms with Gasteiger partial charge in [0.2, 0.25) is 0 Å². The molecular formula is C16H12Cl2N4O6. The average molecular weight is 427 g/mol. The Morgan fingerprint density at radius 2 is 1.14 bits per heavy atom. The van der Waals surface area contributed by atoms with E-state index in [1.807, 2.05) is 0 Å². The molecule has 0 atom stereocenters. The lowest BCUT2D eigenvalue weighted by Crippen LogP contribution is -2.34. The highest BCUT2D eigenvalue weighted by Gasteiger charge is 2.16. The van der Waals surface area contributed by atoms with Gasteiger partial charge in [-0.3, -0.25) is 29.8 Å². The second-order valence-corrected chi connectivity index (χ2v) is 6.17. The average Bonchev–Trinajstić information content (AvgIpc) is 2.63. The number of benzene rings is 2. The summed E-state index contributed by atoms with van der Waals surface area (Å²) in [5.74, 6) is -1.05. The molecule has 0 heterocycles. The van der Waals surface area contributed by atoms with Gasteiger partial charge in [0.1, 0.15) is 10.0 Å². The molecule has 0 radical (unpaired) electrons. The number of hydrogen-bond donors (Lipinski definition) is 2. The summed E-state index contributed by atoms with van der Waals surface area (Å²) in [6, 6.07) is 7.11. The highest BCUT2D eigenvalue weighted by atomic mass is 35.5. The summed E-state index contributed by atoms with van der Waals surface area (Å²) in [7, 11) is 0. The Morgan fingerprint density at radius 1 is 0.786 bits per heavy atom. The fourth-order valence-corrected chi connectivity index (χ4v) is 2.65. The molecule has 2 aromatic carbocycles. The van der Waals surface area contributed by atoms with Gasteiger partial charge in [-0.1, -0.05) is 23.2 Å². The topological polar surface area (TPSA) is 144 Å². The molecule has 0 aliphatic rings. The van der Waals surface area contributed by atoms with E-state index in [9.17, 15) is 29.8 Å². The summed E-state index contributed by atoms with van der Waals surface area (Å²) in [6.07, 6.45) is 0. The summed E-state index contributed by atoms with van der Waals surface area (Å²) in [5, 5.41) is 26.1. The van der Waals surface area contributed by atoms with Crippen molar-refractivity contribution in [1.29, 1.82) is 0 Å². The third kappa shape index (κ3) is 5.15. The number of hydrogen-bond acceptors (Lipinski definition) is 6. The summed E-state index contributed by atoms with van der Waals surface area (Å²) >= 11 is 11.5. The number of nitrogens with one attached hydrogen (secondary N) is 2. The Balaban J connectivity index is 1.87. The SMILES string of the molecule is O=C(NCCNC(=O)c1ccc([N+](=O)[O-])c(Cl)c1)c1ccc([N+](=O)[O-])c(Cl)c1. The second-order valence-electron chi connectivity index (χ2n) is 5.36. The monoisotopic (exact) mass is 426 g/mol. The van der Waals surface area contributed by atoms with Gasteiger partial charge in [0, 0.05) is 36.3 Å². The fourth-order valence-electron chi connectivity index (χ4n) is 2.15. The molecule has 0 spiro atoms. The van der Waals surface area contributed by atoms with Gasteiger partial charge in [-0.05, 0) is 24.3 Å². The van der Waals surface area contributed by atoms with Crippen LogP contribution in [0.3, 0.4) is 0 Å². The Bertz CT molecular complexity index is 889. The van der Waals surface area contributed by atoms with Crippen LogP contribution in [0.25, 0.3) is 0 Å². The lowest BCUT2D eigenvalue weighted by atomic mass is 10.2. The molecule has 10 nitrogen and oxygen atoms in total. The van der Waals surface area contributed by atoms with Crippen molar-refractivity contribution in [3.63, 3.8) is 0 Å². The number of carbonyl (C=O) groups is 2. The second kappa shape index (κ2) is 9.11. The van der Waals surface area contributed by atoms with Gasteiger partial charge in [0.25, 0.3) is 23.2 Å². The largest absolute Gasteiger partial charge is 0.350 e. The first-order chi connectivity index (χ1) is 13.2. The van der Waals surface area contributed by atoms with E-state index in [0.717, 1.165) is 12.1 Å². The van der Waals surface area contributed by atoms with E-state index in [2.05, 4.69) is 10.6 Å². The van der Waals surface area contributed by atoms with E-state index < -0.39 is 21.7 Å². The van der Waals surface area contributed by atoms with Crippen LogP contribution in [0.15, 0.2) is 36.4 Å². The molecule has 0 aromatic heterocycles. The maximum absolute atomic E-state index is 12.0. The normalized spacial score (nSPS) is 10.2. The van der Waals surface area contributed by atoms with Gasteiger partial charge < -0.3 is 10.6 Å². The van der Waals surface area contributed by atoms with E-state index >= 15 is 0 Å². The van der Waals surface area contributed by atoms with E-state index in [1.54, 1.807) is 0 Å². The van der Waals surface area contributed by atoms with Crippen molar-refractivity contribution in [1.82, 2.24) is 10.6 Å². The van der Waals surface area contributed by atoms with Crippen LogP contribution in [-0.4, -0.2) is 34.8 Å². The molecule has 0 saturated heterocycles. The highest BCUT2D eigenvalue weighted by molar-refractivity contribution is 6.33. The molecule has 0 bridgehead atoms. The molecule has 2 N–H and O–H groups in total. The van der Waals surface area contributed by atoms with Crippen molar-refractivity contribution in [2.24, 2.45) is 0 Å². The Labute approximate surface area is 167 Å². The molecule has 0 aliphatic carbocycles. The van der Waals surface area contributed by atoms with Crippen molar-refractivity contribution in [3.8, 4) is 0 Å². The number of carbonyl (C=O) groups excluding carboxylic acids is 2. The van der Waals surface area contributed by atoms with E-state index in [1.165, 1.54) is 24.3 Å². The lowest BCUT2D eigenvalue weighted by Gasteiger charge is -2.08. The molecule has 28 heavy (non-hydrogen) atoms. The zero-order valence-corrected chi connectivity index (χ0v) is 15.5. The van der Waals surface area contributed by atoms with Crippen LogP contribution in [-0.2, 0) is 0 Å². The van der Waals surface area contributed by atoms with Crippen molar-refractivity contribution >= 4 is 46.4 Å². The fraction of sp³-hybridized carbons (Fsp3) is 0.125. The van der Waals surface area contributed by atoms with Crippen molar-refractivity contribution in [2.75, 3.05) is 13.1 Å².